The van der Waals surface area contributed by atoms with Crippen LogP contribution in [0.4, 0.5) is 4.39 Å². The van der Waals surface area contributed by atoms with Crippen molar-refractivity contribution in [3.05, 3.63) is 35.6 Å². The number of nitrogens with one attached hydrogen (secondary N) is 1. The third kappa shape index (κ3) is 1.47. The molecule has 1 saturated carbocycles. The van der Waals surface area contributed by atoms with Crippen molar-refractivity contribution in [1.29, 1.82) is 0 Å². The SMILES string of the molecule is Fc1ccc(C2(C3CCNC3)CCC2)cc1. The molecule has 0 spiro atoms. The highest BCUT2D eigenvalue weighted by Crippen LogP contribution is 2.51. The molecule has 1 aliphatic heterocycles. The van der Waals surface area contributed by atoms with Gasteiger partial charge in [-0.3, -0.25) is 0 Å². The van der Waals surface area contributed by atoms with E-state index in [0.717, 1.165) is 19.0 Å². The van der Waals surface area contributed by atoms with E-state index in [2.05, 4.69) is 5.32 Å². The van der Waals surface area contributed by atoms with E-state index in [4.69, 9.17) is 0 Å². The summed E-state index contributed by atoms with van der Waals surface area (Å²) in [5.41, 5.74) is 1.71. The van der Waals surface area contributed by atoms with Gasteiger partial charge < -0.3 is 5.32 Å². The summed E-state index contributed by atoms with van der Waals surface area (Å²) in [6.07, 6.45) is 5.17. The van der Waals surface area contributed by atoms with Gasteiger partial charge in [-0.25, -0.2) is 4.39 Å². The Balaban J connectivity index is 1.91. The molecular formula is C14H18FN. The largest absolute Gasteiger partial charge is 0.316 e. The maximum atomic E-state index is 13.0. The molecule has 1 saturated heterocycles. The predicted molar refractivity (Wildman–Crippen MR) is 62.9 cm³/mol. The molecule has 1 aliphatic carbocycles. The molecule has 0 aromatic heterocycles. The van der Waals surface area contributed by atoms with Crippen LogP contribution in [0.1, 0.15) is 31.2 Å². The van der Waals surface area contributed by atoms with E-state index in [1.165, 1.54) is 31.2 Å². The van der Waals surface area contributed by atoms with Gasteiger partial charge in [0.15, 0.2) is 0 Å². The first-order valence-corrected chi connectivity index (χ1v) is 6.28. The standard InChI is InChI=1S/C14H18FN/c15-13-4-2-11(3-5-13)14(7-1-8-14)12-6-9-16-10-12/h2-5,12,16H,1,6-10H2. The van der Waals surface area contributed by atoms with Crippen molar-refractivity contribution in [2.24, 2.45) is 5.92 Å². The first-order valence-electron chi connectivity index (χ1n) is 6.28. The molecule has 1 unspecified atom stereocenters. The van der Waals surface area contributed by atoms with Crippen molar-refractivity contribution in [1.82, 2.24) is 5.32 Å². The quantitative estimate of drug-likeness (QED) is 0.806. The van der Waals surface area contributed by atoms with Gasteiger partial charge >= 0.3 is 0 Å². The monoisotopic (exact) mass is 219 g/mol. The van der Waals surface area contributed by atoms with Crippen LogP contribution in [0.3, 0.4) is 0 Å². The summed E-state index contributed by atoms with van der Waals surface area (Å²) in [5.74, 6) is 0.634. The molecule has 2 heteroatoms. The fraction of sp³-hybridized carbons (Fsp3) is 0.571. The molecule has 2 fully saturated rings. The fourth-order valence-electron chi connectivity index (χ4n) is 3.40. The van der Waals surface area contributed by atoms with Gasteiger partial charge in [0.05, 0.1) is 0 Å². The Morgan fingerprint density at radius 1 is 1.19 bits per heavy atom. The van der Waals surface area contributed by atoms with Crippen LogP contribution in [0.15, 0.2) is 24.3 Å². The zero-order chi connectivity index (χ0) is 11.0. The van der Waals surface area contributed by atoms with Crippen molar-refractivity contribution < 1.29 is 4.39 Å². The molecule has 0 radical (unpaired) electrons. The minimum Gasteiger partial charge on any atom is -0.316 e. The van der Waals surface area contributed by atoms with Crippen molar-refractivity contribution >= 4 is 0 Å². The van der Waals surface area contributed by atoms with Gasteiger partial charge in [-0.2, -0.15) is 0 Å². The maximum absolute atomic E-state index is 13.0. The summed E-state index contributed by atoms with van der Waals surface area (Å²) in [5, 5.41) is 3.45. The van der Waals surface area contributed by atoms with E-state index in [1.54, 1.807) is 12.1 Å². The molecule has 86 valence electrons. The van der Waals surface area contributed by atoms with Crippen LogP contribution in [0.25, 0.3) is 0 Å². The van der Waals surface area contributed by atoms with Gasteiger partial charge in [0, 0.05) is 0 Å². The summed E-state index contributed by atoms with van der Waals surface area (Å²) < 4.78 is 13.0. The minimum absolute atomic E-state index is 0.122. The Labute approximate surface area is 96.1 Å². The van der Waals surface area contributed by atoms with Crippen LogP contribution in [-0.4, -0.2) is 13.1 Å². The lowest BCUT2D eigenvalue weighted by atomic mass is 9.57. The molecule has 1 heterocycles. The summed E-state index contributed by atoms with van der Waals surface area (Å²) in [6.45, 7) is 2.28. The Hall–Kier alpha value is -0.890. The topological polar surface area (TPSA) is 12.0 Å². The third-order valence-electron chi connectivity index (χ3n) is 4.51. The highest BCUT2D eigenvalue weighted by molar-refractivity contribution is 5.30. The smallest absolute Gasteiger partial charge is 0.123 e. The lowest BCUT2D eigenvalue weighted by Gasteiger charge is -2.47. The molecule has 16 heavy (non-hydrogen) atoms. The number of rotatable bonds is 2. The Bertz CT molecular complexity index is 361. The summed E-state index contributed by atoms with van der Waals surface area (Å²) in [4.78, 5) is 0. The van der Waals surface area contributed by atoms with E-state index >= 15 is 0 Å². The first kappa shape index (κ1) is 10.3. The Morgan fingerprint density at radius 2 is 1.94 bits per heavy atom. The molecule has 1 nitrogen and oxygen atoms in total. The van der Waals surface area contributed by atoms with Gasteiger partial charge in [0.25, 0.3) is 0 Å². The van der Waals surface area contributed by atoms with Crippen molar-refractivity contribution in [3.8, 4) is 0 Å². The fourth-order valence-corrected chi connectivity index (χ4v) is 3.40. The molecule has 1 aromatic carbocycles. The molecule has 1 N–H and O–H groups in total. The summed E-state index contributed by atoms with van der Waals surface area (Å²) in [6, 6.07) is 7.20. The highest BCUT2D eigenvalue weighted by Gasteiger charge is 2.45. The van der Waals surface area contributed by atoms with Crippen molar-refractivity contribution in [2.75, 3.05) is 13.1 Å². The average Bonchev–Trinajstić information content (AvgIpc) is 2.73. The highest BCUT2D eigenvalue weighted by atomic mass is 19.1. The van der Waals surface area contributed by atoms with Crippen molar-refractivity contribution in [3.63, 3.8) is 0 Å². The number of benzene rings is 1. The second kappa shape index (κ2) is 3.85. The molecule has 1 aromatic rings. The normalized spacial score (nSPS) is 27.7. The van der Waals surface area contributed by atoms with E-state index in [1.807, 2.05) is 12.1 Å². The first-order chi connectivity index (χ1) is 7.81. The van der Waals surface area contributed by atoms with Gasteiger partial charge in [-0.1, -0.05) is 18.6 Å². The van der Waals surface area contributed by atoms with E-state index in [9.17, 15) is 4.39 Å². The molecule has 3 rings (SSSR count). The van der Waals surface area contributed by atoms with Crippen LogP contribution in [0, 0.1) is 11.7 Å². The lowest BCUT2D eigenvalue weighted by molar-refractivity contribution is 0.157. The van der Waals surface area contributed by atoms with Crippen LogP contribution in [-0.2, 0) is 5.41 Å². The molecule has 0 amide bonds. The molecule has 2 aliphatic rings. The van der Waals surface area contributed by atoms with Gasteiger partial charge in [-0.15, -0.1) is 0 Å². The van der Waals surface area contributed by atoms with Gasteiger partial charge in [0.2, 0.25) is 0 Å². The number of halogens is 1. The van der Waals surface area contributed by atoms with Crippen LogP contribution >= 0.6 is 0 Å². The average molecular weight is 219 g/mol. The van der Waals surface area contributed by atoms with Gasteiger partial charge in [-0.05, 0) is 61.4 Å². The number of hydrogen-bond donors (Lipinski definition) is 1. The van der Waals surface area contributed by atoms with Crippen LogP contribution in [0.5, 0.6) is 0 Å². The number of hydrogen-bond acceptors (Lipinski definition) is 1. The van der Waals surface area contributed by atoms with E-state index in [-0.39, 0.29) is 5.82 Å². The molecule has 0 bridgehead atoms. The second-order valence-electron chi connectivity index (χ2n) is 5.21. The minimum atomic E-state index is -0.122. The Kier molecular flexibility index (Phi) is 2.47. The molecule has 1 atom stereocenters. The Morgan fingerprint density at radius 3 is 2.44 bits per heavy atom. The zero-order valence-corrected chi connectivity index (χ0v) is 9.51. The maximum Gasteiger partial charge on any atom is 0.123 e. The summed E-state index contributed by atoms with van der Waals surface area (Å²) in [7, 11) is 0. The lowest BCUT2D eigenvalue weighted by Crippen LogP contribution is -2.42. The second-order valence-corrected chi connectivity index (χ2v) is 5.21. The van der Waals surface area contributed by atoms with E-state index < -0.39 is 0 Å². The van der Waals surface area contributed by atoms with Crippen LogP contribution < -0.4 is 5.32 Å². The predicted octanol–water partition coefficient (Wildman–Crippen LogP) is 2.86. The zero-order valence-electron chi connectivity index (χ0n) is 9.51. The third-order valence-corrected chi connectivity index (χ3v) is 4.51. The van der Waals surface area contributed by atoms with Crippen LogP contribution in [0.2, 0.25) is 0 Å². The molecular weight excluding hydrogens is 201 g/mol. The van der Waals surface area contributed by atoms with Crippen molar-refractivity contribution in [2.45, 2.75) is 31.1 Å². The summed E-state index contributed by atoms with van der Waals surface area (Å²) >= 11 is 0. The van der Waals surface area contributed by atoms with Gasteiger partial charge in [0.1, 0.15) is 5.82 Å². The van der Waals surface area contributed by atoms with E-state index in [0.29, 0.717) is 5.41 Å².